The largest absolute Gasteiger partial charge is 0.397 e. The normalized spacial score (nSPS) is 11.3. The van der Waals surface area contributed by atoms with Crippen molar-refractivity contribution in [2.24, 2.45) is 0 Å². The Morgan fingerprint density at radius 1 is 1.05 bits per heavy atom. The van der Waals surface area contributed by atoms with Crippen LogP contribution in [-0.2, 0) is 10.0 Å². The highest BCUT2D eigenvalue weighted by Gasteiger charge is 2.16. The summed E-state index contributed by atoms with van der Waals surface area (Å²) in [6.07, 6.45) is 0. The molecule has 0 unspecified atom stereocenters. The molecule has 0 radical (unpaired) electrons. The average molecular weight is 331 g/mol. The van der Waals surface area contributed by atoms with E-state index in [-0.39, 0.29) is 10.6 Å². The van der Waals surface area contributed by atoms with Gasteiger partial charge < -0.3 is 5.73 Å². The summed E-state index contributed by atoms with van der Waals surface area (Å²) in [6, 6.07) is 9.15. The minimum absolute atomic E-state index is 0.0241. The molecule has 0 aliphatic heterocycles. The lowest BCUT2D eigenvalue weighted by Gasteiger charge is -2.11. The highest BCUT2D eigenvalue weighted by atomic mass is 35.5. The zero-order chi connectivity index (χ0) is 14.9. The van der Waals surface area contributed by atoms with Crippen molar-refractivity contribution in [2.75, 3.05) is 10.5 Å². The second-order valence-electron chi connectivity index (χ2n) is 4.27. The number of nitrogens with one attached hydrogen (secondary N) is 1. The highest BCUT2D eigenvalue weighted by molar-refractivity contribution is 7.92. The predicted octanol–water partition coefficient (Wildman–Crippen LogP) is 3.68. The van der Waals surface area contributed by atoms with Gasteiger partial charge in [0.2, 0.25) is 0 Å². The third-order valence-corrected chi connectivity index (χ3v) is 4.67. The molecule has 0 aromatic heterocycles. The first kappa shape index (κ1) is 15.0. The summed E-state index contributed by atoms with van der Waals surface area (Å²) in [4.78, 5) is 0.0241. The summed E-state index contributed by atoms with van der Waals surface area (Å²) in [6.45, 7) is 1.87. The van der Waals surface area contributed by atoms with Crippen LogP contribution in [0.3, 0.4) is 0 Å². The molecular formula is C13H12Cl2N2O2S. The van der Waals surface area contributed by atoms with Crippen molar-refractivity contribution in [3.63, 3.8) is 0 Å². The van der Waals surface area contributed by atoms with Crippen molar-refractivity contribution in [3.8, 4) is 0 Å². The lowest BCUT2D eigenvalue weighted by molar-refractivity contribution is 0.601. The fourth-order valence-electron chi connectivity index (χ4n) is 1.60. The van der Waals surface area contributed by atoms with Gasteiger partial charge in [-0.2, -0.15) is 0 Å². The molecule has 2 aromatic rings. The van der Waals surface area contributed by atoms with Crippen LogP contribution in [0.25, 0.3) is 0 Å². The molecule has 2 rings (SSSR count). The Morgan fingerprint density at radius 3 is 2.35 bits per heavy atom. The number of hydrogen-bond acceptors (Lipinski definition) is 3. The molecule has 0 saturated carbocycles. The van der Waals surface area contributed by atoms with E-state index >= 15 is 0 Å². The predicted molar refractivity (Wildman–Crippen MR) is 82.9 cm³/mol. The monoisotopic (exact) mass is 330 g/mol. The van der Waals surface area contributed by atoms with Gasteiger partial charge in [0.25, 0.3) is 10.0 Å². The molecule has 0 atom stereocenters. The lowest BCUT2D eigenvalue weighted by Crippen LogP contribution is -2.13. The van der Waals surface area contributed by atoms with Crippen LogP contribution in [0.1, 0.15) is 5.56 Å². The minimum atomic E-state index is -3.76. The molecule has 0 spiro atoms. The first-order valence-corrected chi connectivity index (χ1v) is 7.87. The second kappa shape index (κ2) is 5.52. The van der Waals surface area contributed by atoms with E-state index in [4.69, 9.17) is 28.9 Å². The Hall–Kier alpha value is -1.43. The van der Waals surface area contributed by atoms with E-state index in [0.717, 1.165) is 5.56 Å². The Bertz CT molecular complexity index is 761. The van der Waals surface area contributed by atoms with Crippen LogP contribution in [0, 0.1) is 6.92 Å². The quantitative estimate of drug-likeness (QED) is 0.843. The first-order chi connectivity index (χ1) is 9.29. The molecule has 0 bridgehead atoms. The number of sulfonamides is 1. The summed E-state index contributed by atoms with van der Waals surface area (Å²) in [7, 11) is -3.76. The third kappa shape index (κ3) is 3.17. The second-order valence-corrected chi connectivity index (χ2v) is 6.77. The summed E-state index contributed by atoms with van der Waals surface area (Å²) < 4.78 is 26.9. The van der Waals surface area contributed by atoms with Gasteiger partial charge in [-0.25, -0.2) is 8.42 Å². The molecule has 2 aromatic carbocycles. The van der Waals surface area contributed by atoms with Gasteiger partial charge in [0.1, 0.15) is 0 Å². The van der Waals surface area contributed by atoms with E-state index in [1.807, 2.05) is 6.92 Å². The maximum absolute atomic E-state index is 12.2. The van der Waals surface area contributed by atoms with Crippen molar-refractivity contribution in [3.05, 3.63) is 52.0 Å². The third-order valence-electron chi connectivity index (χ3n) is 2.65. The van der Waals surface area contributed by atoms with Crippen molar-refractivity contribution in [1.82, 2.24) is 0 Å². The van der Waals surface area contributed by atoms with Crippen LogP contribution in [0.4, 0.5) is 11.4 Å². The zero-order valence-corrected chi connectivity index (χ0v) is 12.9. The summed E-state index contributed by atoms with van der Waals surface area (Å²) in [5.74, 6) is 0. The fourth-order valence-corrected chi connectivity index (χ4v) is 3.17. The van der Waals surface area contributed by atoms with E-state index in [9.17, 15) is 8.42 Å². The van der Waals surface area contributed by atoms with Crippen LogP contribution in [-0.4, -0.2) is 8.42 Å². The van der Waals surface area contributed by atoms with Crippen LogP contribution in [0.15, 0.2) is 41.3 Å². The minimum Gasteiger partial charge on any atom is -0.397 e. The molecule has 0 amide bonds. The van der Waals surface area contributed by atoms with Gasteiger partial charge in [0.05, 0.1) is 26.3 Å². The fraction of sp³-hybridized carbons (Fsp3) is 0.0769. The Morgan fingerprint density at radius 2 is 1.75 bits per heavy atom. The number of rotatable bonds is 3. The van der Waals surface area contributed by atoms with Crippen LogP contribution < -0.4 is 10.5 Å². The molecule has 0 saturated heterocycles. The average Bonchev–Trinajstić information content (AvgIpc) is 2.36. The van der Waals surface area contributed by atoms with Gasteiger partial charge >= 0.3 is 0 Å². The maximum Gasteiger partial charge on any atom is 0.262 e. The van der Waals surface area contributed by atoms with E-state index in [1.54, 1.807) is 18.2 Å². The van der Waals surface area contributed by atoms with Gasteiger partial charge in [0, 0.05) is 0 Å². The van der Waals surface area contributed by atoms with Crippen molar-refractivity contribution in [2.45, 2.75) is 11.8 Å². The van der Waals surface area contributed by atoms with Crippen molar-refractivity contribution < 1.29 is 8.42 Å². The Labute approximate surface area is 127 Å². The molecule has 0 fully saturated rings. The number of hydrogen-bond donors (Lipinski definition) is 2. The smallest absolute Gasteiger partial charge is 0.262 e. The molecule has 0 heterocycles. The first-order valence-electron chi connectivity index (χ1n) is 5.63. The van der Waals surface area contributed by atoms with Crippen LogP contribution in [0.2, 0.25) is 10.0 Å². The topological polar surface area (TPSA) is 72.2 Å². The van der Waals surface area contributed by atoms with E-state index < -0.39 is 10.0 Å². The summed E-state index contributed by atoms with van der Waals surface area (Å²) >= 11 is 11.8. The molecule has 4 nitrogen and oxygen atoms in total. The Balaban J connectivity index is 2.38. The maximum atomic E-state index is 12.2. The van der Waals surface area contributed by atoms with Crippen LogP contribution >= 0.6 is 23.2 Å². The highest BCUT2D eigenvalue weighted by Crippen LogP contribution is 2.27. The van der Waals surface area contributed by atoms with Gasteiger partial charge in [-0.1, -0.05) is 29.3 Å². The van der Waals surface area contributed by atoms with E-state index in [2.05, 4.69) is 4.72 Å². The van der Waals surface area contributed by atoms with Gasteiger partial charge in [-0.15, -0.1) is 0 Å². The zero-order valence-electron chi connectivity index (χ0n) is 10.5. The van der Waals surface area contributed by atoms with E-state index in [0.29, 0.717) is 15.7 Å². The number of nitrogens with two attached hydrogens (primary N) is 1. The number of anilines is 2. The summed E-state index contributed by atoms with van der Waals surface area (Å²) in [5, 5.41) is 0.632. The molecule has 0 aliphatic carbocycles. The standard InChI is InChI=1S/C13H12Cl2N2O2S/c1-8-2-5-13(11(15)6-8)17-20(18,19)9-3-4-10(14)12(16)7-9/h2-7,17H,16H2,1H3. The molecule has 0 aliphatic rings. The molecule has 20 heavy (non-hydrogen) atoms. The van der Waals surface area contributed by atoms with Gasteiger partial charge in [-0.05, 0) is 42.8 Å². The number of aryl methyl sites for hydroxylation is 1. The molecule has 3 N–H and O–H groups in total. The van der Waals surface area contributed by atoms with Crippen molar-refractivity contribution >= 4 is 44.6 Å². The number of nitrogen functional groups attached to an aromatic ring is 1. The number of halogens is 2. The number of benzene rings is 2. The molecule has 106 valence electrons. The summed E-state index contributed by atoms with van der Waals surface area (Å²) in [5.41, 5.74) is 7.06. The molecule has 7 heteroatoms. The lowest BCUT2D eigenvalue weighted by atomic mass is 10.2. The van der Waals surface area contributed by atoms with E-state index in [1.165, 1.54) is 18.2 Å². The Kier molecular flexibility index (Phi) is 4.13. The molecular weight excluding hydrogens is 319 g/mol. The van der Waals surface area contributed by atoms with Crippen LogP contribution in [0.5, 0.6) is 0 Å². The van der Waals surface area contributed by atoms with Gasteiger partial charge in [-0.3, -0.25) is 4.72 Å². The SMILES string of the molecule is Cc1ccc(NS(=O)(=O)c2ccc(Cl)c(N)c2)c(Cl)c1. The van der Waals surface area contributed by atoms with Crippen molar-refractivity contribution in [1.29, 1.82) is 0 Å². The van der Waals surface area contributed by atoms with Gasteiger partial charge in [0.15, 0.2) is 0 Å².